The zero-order valence-corrected chi connectivity index (χ0v) is 26.4. The average Bonchev–Trinajstić information content (AvgIpc) is 2.96. The molecule has 2 rings (SSSR count). The van der Waals surface area contributed by atoms with Crippen LogP contribution in [0.5, 0.6) is 0 Å². The molecule has 2 aromatic carbocycles. The van der Waals surface area contributed by atoms with Crippen LogP contribution in [0.15, 0.2) is 48.5 Å². The normalized spacial score (nSPS) is 11.3. The van der Waals surface area contributed by atoms with Gasteiger partial charge < -0.3 is 21.3 Å². The van der Waals surface area contributed by atoms with Gasteiger partial charge in [-0.05, 0) is 101 Å². The van der Waals surface area contributed by atoms with Crippen LogP contribution in [0.3, 0.4) is 0 Å². The first-order valence-electron chi connectivity index (χ1n) is 16.1. The number of rotatable bonds is 27. The van der Waals surface area contributed by atoms with E-state index in [1.807, 2.05) is 36.4 Å². The van der Waals surface area contributed by atoms with Gasteiger partial charge in [0.05, 0.1) is 0 Å². The third-order valence-electron chi connectivity index (χ3n) is 7.42. The van der Waals surface area contributed by atoms with Crippen molar-refractivity contribution in [3.63, 3.8) is 0 Å². The molecule has 0 aliphatic heterocycles. The van der Waals surface area contributed by atoms with E-state index in [1.165, 1.54) is 127 Å². The molecule has 0 atom stereocenters. The molecule has 0 aliphatic rings. The Bertz CT molecular complexity index is 779. The monoisotopic (exact) mass is 590 g/mol. The molecule has 0 spiro atoms. The van der Waals surface area contributed by atoms with Gasteiger partial charge in [0.2, 0.25) is 0 Å². The lowest BCUT2D eigenvalue weighted by Crippen LogP contribution is -2.17. The standard InChI is InChI=1S/C34H56Cl2N4/c35-33-21-11-9-19-31(33)29-39-27-17-7-5-15-25-37-23-13-3-1-2-4-14-24-38-26-16-6-8-18-28-40-30-32-20-10-12-22-34(32)36/h9-12,19-22,37-40H,1-8,13-18,23-30H2. The van der Waals surface area contributed by atoms with Gasteiger partial charge in [0.1, 0.15) is 0 Å². The Morgan fingerprint density at radius 2 is 0.625 bits per heavy atom. The van der Waals surface area contributed by atoms with E-state index in [-0.39, 0.29) is 0 Å². The van der Waals surface area contributed by atoms with Crippen molar-refractivity contribution in [3.8, 4) is 0 Å². The quantitative estimate of drug-likeness (QED) is 0.0787. The lowest BCUT2D eigenvalue weighted by Gasteiger charge is -2.08. The maximum absolute atomic E-state index is 6.19. The van der Waals surface area contributed by atoms with Crippen molar-refractivity contribution in [3.05, 3.63) is 69.7 Å². The van der Waals surface area contributed by atoms with Crippen LogP contribution < -0.4 is 21.3 Å². The first-order valence-corrected chi connectivity index (χ1v) is 16.8. The second-order valence-corrected chi connectivity index (χ2v) is 11.8. The van der Waals surface area contributed by atoms with Gasteiger partial charge >= 0.3 is 0 Å². The summed E-state index contributed by atoms with van der Waals surface area (Å²) in [5.41, 5.74) is 2.38. The average molecular weight is 592 g/mol. The highest BCUT2D eigenvalue weighted by atomic mass is 35.5. The molecule has 0 saturated carbocycles. The Hall–Kier alpha value is -1.14. The minimum Gasteiger partial charge on any atom is -0.317 e. The minimum atomic E-state index is 0.859. The fourth-order valence-corrected chi connectivity index (χ4v) is 5.30. The van der Waals surface area contributed by atoms with Crippen molar-refractivity contribution < 1.29 is 0 Å². The molecule has 0 unspecified atom stereocenters. The molecule has 0 saturated heterocycles. The van der Waals surface area contributed by atoms with Gasteiger partial charge in [-0.3, -0.25) is 0 Å². The van der Waals surface area contributed by atoms with E-state index in [1.54, 1.807) is 0 Å². The van der Waals surface area contributed by atoms with Crippen LogP contribution in [-0.4, -0.2) is 39.3 Å². The van der Waals surface area contributed by atoms with Gasteiger partial charge in [-0.2, -0.15) is 0 Å². The molecule has 2 aromatic rings. The van der Waals surface area contributed by atoms with Crippen molar-refractivity contribution in [2.75, 3.05) is 39.3 Å². The molecule has 4 nitrogen and oxygen atoms in total. The number of hydrogen-bond donors (Lipinski definition) is 4. The Balaban J connectivity index is 1.19. The maximum Gasteiger partial charge on any atom is 0.0450 e. The first kappa shape index (κ1) is 35.1. The summed E-state index contributed by atoms with van der Waals surface area (Å²) in [5, 5.41) is 16.0. The fraction of sp³-hybridized carbons (Fsp3) is 0.647. The smallest absolute Gasteiger partial charge is 0.0450 e. The molecule has 0 aliphatic carbocycles. The lowest BCUT2D eigenvalue weighted by molar-refractivity contribution is 0.526. The fourth-order valence-electron chi connectivity index (χ4n) is 4.89. The van der Waals surface area contributed by atoms with Gasteiger partial charge in [0.25, 0.3) is 0 Å². The van der Waals surface area contributed by atoms with Crippen molar-refractivity contribution in [1.29, 1.82) is 0 Å². The summed E-state index contributed by atoms with van der Waals surface area (Å²) in [5.74, 6) is 0. The van der Waals surface area contributed by atoms with E-state index < -0.39 is 0 Å². The Morgan fingerprint density at radius 1 is 0.350 bits per heavy atom. The molecule has 0 radical (unpaired) electrons. The van der Waals surface area contributed by atoms with Gasteiger partial charge in [-0.15, -0.1) is 0 Å². The molecule has 40 heavy (non-hydrogen) atoms. The van der Waals surface area contributed by atoms with Crippen LogP contribution in [0.25, 0.3) is 0 Å². The molecule has 4 N–H and O–H groups in total. The van der Waals surface area contributed by atoms with Crippen LogP contribution in [0, 0.1) is 0 Å². The largest absolute Gasteiger partial charge is 0.317 e. The molecule has 0 fully saturated rings. The van der Waals surface area contributed by atoms with Crippen LogP contribution >= 0.6 is 23.2 Å². The Kier molecular flexibility index (Phi) is 22.4. The van der Waals surface area contributed by atoms with Crippen LogP contribution in [0.1, 0.15) is 101 Å². The number of benzene rings is 2. The summed E-state index contributed by atoms with van der Waals surface area (Å²) in [6.07, 6.45) is 18.4. The van der Waals surface area contributed by atoms with E-state index >= 15 is 0 Å². The highest BCUT2D eigenvalue weighted by molar-refractivity contribution is 6.31. The van der Waals surface area contributed by atoms with Crippen LogP contribution in [0.4, 0.5) is 0 Å². The van der Waals surface area contributed by atoms with Crippen molar-refractivity contribution in [1.82, 2.24) is 21.3 Å². The number of nitrogens with one attached hydrogen (secondary N) is 4. The summed E-state index contributed by atoms with van der Waals surface area (Å²) < 4.78 is 0. The molecule has 0 aromatic heterocycles. The number of hydrogen-bond acceptors (Lipinski definition) is 4. The predicted molar refractivity (Wildman–Crippen MR) is 177 cm³/mol. The third kappa shape index (κ3) is 19.1. The second-order valence-electron chi connectivity index (χ2n) is 11.0. The Labute approximate surface area is 255 Å². The minimum absolute atomic E-state index is 0.859. The molecule has 226 valence electrons. The first-order chi connectivity index (χ1) is 19.8. The van der Waals surface area contributed by atoms with Crippen molar-refractivity contribution in [2.45, 2.75) is 103 Å². The van der Waals surface area contributed by atoms with Gasteiger partial charge in [0, 0.05) is 23.1 Å². The van der Waals surface area contributed by atoms with E-state index in [0.717, 1.165) is 36.2 Å². The topological polar surface area (TPSA) is 48.1 Å². The second kappa shape index (κ2) is 25.6. The van der Waals surface area contributed by atoms with E-state index in [9.17, 15) is 0 Å². The van der Waals surface area contributed by atoms with Crippen molar-refractivity contribution in [2.24, 2.45) is 0 Å². The van der Waals surface area contributed by atoms with E-state index in [0.29, 0.717) is 0 Å². The SMILES string of the molecule is Clc1ccccc1CNCCCCCCNCCCCCCCCNCCCCCCNCc1ccccc1Cl. The summed E-state index contributed by atoms with van der Waals surface area (Å²) in [7, 11) is 0. The van der Waals surface area contributed by atoms with Gasteiger partial charge in [-0.25, -0.2) is 0 Å². The van der Waals surface area contributed by atoms with E-state index in [2.05, 4.69) is 33.4 Å². The van der Waals surface area contributed by atoms with Gasteiger partial charge in [0.15, 0.2) is 0 Å². The molecule has 0 heterocycles. The summed E-state index contributed by atoms with van der Waals surface area (Å²) >= 11 is 12.4. The summed E-state index contributed by atoms with van der Waals surface area (Å²) in [4.78, 5) is 0. The van der Waals surface area contributed by atoms with Crippen LogP contribution in [0.2, 0.25) is 10.0 Å². The Morgan fingerprint density at radius 3 is 0.950 bits per heavy atom. The molecular weight excluding hydrogens is 535 g/mol. The van der Waals surface area contributed by atoms with Crippen molar-refractivity contribution >= 4 is 23.2 Å². The maximum atomic E-state index is 6.19. The summed E-state index contributed by atoms with van der Waals surface area (Å²) in [6, 6.07) is 16.2. The zero-order valence-electron chi connectivity index (χ0n) is 24.9. The molecule has 0 amide bonds. The summed E-state index contributed by atoms with van der Waals surface area (Å²) in [6.45, 7) is 8.56. The highest BCUT2D eigenvalue weighted by Gasteiger charge is 1.99. The predicted octanol–water partition coefficient (Wildman–Crippen LogP) is 8.51. The number of unbranched alkanes of at least 4 members (excludes halogenated alkanes) is 11. The third-order valence-corrected chi connectivity index (χ3v) is 8.16. The molecule has 0 bridgehead atoms. The molecule has 6 heteroatoms. The van der Waals surface area contributed by atoms with Crippen LogP contribution in [-0.2, 0) is 13.1 Å². The highest BCUT2D eigenvalue weighted by Crippen LogP contribution is 2.15. The van der Waals surface area contributed by atoms with E-state index in [4.69, 9.17) is 23.2 Å². The number of halogens is 2. The van der Waals surface area contributed by atoms with Gasteiger partial charge in [-0.1, -0.05) is 111 Å². The molecular formula is C34H56Cl2N4. The zero-order chi connectivity index (χ0) is 28.4. The lowest BCUT2D eigenvalue weighted by atomic mass is 10.1.